The van der Waals surface area contributed by atoms with Crippen molar-refractivity contribution in [1.29, 1.82) is 0 Å². The molecule has 1 aromatic carbocycles. The molecule has 0 fully saturated rings. The first-order valence-corrected chi connectivity index (χ1v) is 5.15. The number of nitrogens with two attached hydrogens (primary N) is 1. The van der Waals surface area contributed by atoms with Crippen LogP contribution in [0, 0.1) is 0 Å². The monoisotopic (exact) mass is 193 g/mol. The van der Waals surface area contributed by atoms with E-state index in [-0.39, 0.29) is 0 Å². The zero-order valence-corrected chi connectivity index (χ0v) is 7.97. The number of hydrogen-bond donors (Lipinski definition) is 2. The second-order valence-corrected chi connectivity index (χ2v) is 3.91. The molecule has 0 radical (unpaired) electrons. The lowest BCUT2D eigenvalue weighted by atomic mass is 10.3. The zero-order valence-electron chi connectivity index (χ0n) is 7.16. The van der Waals surface area contributed by atoms with Crippen LogP contribution in [0.1, 0.15) is 6.42 Å². The zero-order chi connectivity index (χ0) is 9.10. The van der Waals surface area contributed by atoms with Crippen molar-refractivity contribution in [3.63, 3.8) is 0 Å². The van der Waals surface area contributed by atoms with Gasteiger partial charge in [0.2, 0.25) is 0 Å². The summed E-state index contributed by atoms with van der Waals surface area (Å²) in [6.07, 6.45) is 0.899. The molecule has 1 heterocycles. The first kappa shape index (κ1) is 8.59. The van der Waals surface area contributed by atoms with E-state index >= 15 is 0 Å². The summed E-state index contributed by atoms with van der Waals surface area (Å²) in [6, 6.07) is 8.11. The number of amidine groups is 1. The summed E-state index contributed by atoms with van der Waals surface area (Å²) in [6.45, 7) is 0. The lowest BCUT2D eigenvalue weighted by Crippen LogP contribution is -2.30. The SMILES string of the molecule is NNC1=Nc2ccccc2SCC1. The summed E-state index contributed by atoms with van der Waals surface area (Å²) < 4.78 is 0. The number of aliphatic imine (C=N–C) groups is 1. The molecule has 0 spiro atoms. The highest BCUT2D eigenvalue weighted by Gasteiger charge is 2.08. The maximum atomic E-state index is 5.34. The Hall–Kier alpha value is -1.00. The number of hydrogen-bond acceptors (Lipinski definition) is 4. The molecule has 3 N–H and O–H groups in total. The van der Waals surface area contributed by atoms with Gasteiger partial charge in [-0.05, 0) is 12.1 Å². The predicted octanol–water partition coefficient (Wildman–Crippen LogP) is 1.68. The van der Waals surface area contributed by atoms with Crippen LogP contribution in [0.4, 0.5) is 5.69 Å². The molecular formula is C9H11N3S. The van der Waals surface area contributed by atoms with Gasteiger partial charge in [0.15, 0.2) is 0 Å². The van der Waals surface area contributed by atoms with Crippen molar-refractivity contribution in [1.82, 2.24) is 5.43 Å². The van der Waals surface area contributed by atoms with Gasteiger partial charge >= 0.3 is 0 Å². The number of fused-ring (bicyclic) bond motifs is 1. The standard InChI is InChI=1S/C9H11N3S/c10-12-9-5-6-13-8-4-2-1-3-7(8)11-9/h1-4H,5-6,10H2,(H,11,12). The molecule has 1 aliphatic heterocycles. The highest BCUT2D eigenvalue weighted by atomic mass is 32.2. The average molecular weight is 193 g/mol. The molecule has 0 unspecified atom stereocenters. The second kappa shape index (κ2) is 3.81. The van der Waals surface area contributed by atoms with E-state index in [2.05, 4.69) is 16.5 Å². The third-order valence-electron chi connectivity index (χ3n) is 1.88. The van der Waals surface area contributed by atoms with Crippen LogP contribution in [0.5, 0.6) is 0 Å². The number of thioether (sulfide) groups is 1. The van der Waals surface area contributed by atoms with Crippen molar-refractivity contribution in [3.8, 4) is 0 Å². The van der Waals surface area contributed by atoms with Crippen LogP contribution in [-0.2, 0) is 0 Å². The van der Waals surface area contributed by atoms with Crippen LogP contribution < -0.4 is 11.3 Å². The minimum Gasteiger partial charge on any atom is -0.312 e. The van der Waals surface area contributed by atoms with Gasteiger partial charge in [0, 0.05) is 17.1 Å². The average Bonchev–Trinajstić information content (AvgIpc) is 2.38. The van der Waals surface area contributed by atoms with Gasteiger partial charge in [-0.25, -0.2) is 10.8 Å². The van der Waals surface area contributed by atoms with Gasteiger partial charge in [0.1, 0.15) is 5.84 Å². The molecule has 1 aromatic rings. The Morgan fingerprint density at radius 2 is 2.23 bits per heavy atom. The van der Waals surface area contributed by atoms with E-state index in [0.717, 1.165) is 23.7 Å². The van der Waals surface area contributed by atoms with Crippen molar-refractivity contribution in [2.45, 2.75) is 11.3 Å². The second-order valence-electron chi connectivity index (χ2n) is 2.77. The van der Waals surface area contributed by atoms with E-state index in [1.54, 1.807) is 0 Å². The van der Waals surface area contributed by atoms with Gasteiger partial charge in [-0.2, -0.15) is 0 Å². The molecule has 3 nitrogen and oxygen atoms in total. The van der Waals surface area contributed by atoms with Crippen molar-refractivity contribution >= 4 is 23.3 Å². The molecule has 2 rings (SSSR count). The summed E-state index contributed by atoms with van der Waals surface area (Å²) in [5.41, 5.74) is 3.63. The summed E-state index contributed by atoms with van der Waals surface area (Å²) >= 11 is 1.82. The Morgan fingerprint density at radius 3 is 3.08 bits per heavy atom. The topological polar surface area (TPSA) is 50.4 Å². The molecule has 0 saturated heterocycles. The summed E-state index contributed by atoms with van der Waals surface area (Å²) in [5, 5.41) is 0. The Morgan fingerprint density at radius 1 is 1.38 bits per heavy atom. The Labute approximate surface area is 81.4 Å². The van der Waals surface area contributed by atoms with Gasteiger partial charge < -0.3 is 5.43 Å². The van der Waals surface area contributed by atoms with E-state index in [1.165, 1.54) is 4.90 Å². The van der Waals surface area contributed by atoms with E-state index in [0.29, 0.717) is 0 Å². The molecular weight excluding hydrogens is 182 g/mol. The summed E-state index contributed by atoms with van der Waals surface area (Å²) in [5.74, 6) is 7.23. The molecule has 0 aromatic heterocycles. The van der Waals surface area contributed by atoms with Crippen LogP contribution in [0.2, 0.25) is 0 Å². The molecule has 0 bridgehead atoms. The van der Waals surface area contributed by atoms with Gasteiger partial charge in [0.25, 0.3) is 0 Å². The van der Waals surface area contributed by atoms with Crippen molar-refractivity contribution in [2.75, 3.05) is 5.75 Å². The van der Waals surface area contributed by atoms with Crippen molar-refractivity contribution in [3.05, 3.63) is 24.3 Å². The fourth-order valence-corrected chi connectivity index (χ4v) is 2.19. The molecule has 0 amide bonds. The van der Waals surface area contributed by atoms with E-state index in [1.807, 2.05) is 30.0 Å². The smallest absolute Gasteiger partial charge is 0.117 e. The van der Waals surface area contributed by atoms with Gasteiger partial charge in [-0.15, -0.1) is 11.8 Å². The lowest BCUT2D eigenvalue weighted by Gasteiger charge is -2.00. The van der Waals surface area contributed by atoms with Crippen molar-refractivity contribution < 1.29 is 0 Å². The molecule has 0 aliphatic carbocycles. The number of nitrogens with zero attached hydrogens (tertiary/aromatic N) is 1. The molecule has 1 aliphatic rings. The lowest BCUT2D eigenvalue weighted by molar-refractivity contribution is 0.983. The normalized spacial score (nSPS) is 15.6. The van der Waals surface area contributed by atoms with Crippen LogP contribution >= 0.6 is 11.8 Å². The maximum absolute atomic E-state index is 5.34. The minimum atomic E-state index is 0.859. The maximum Gasteiger partial charge on any atom is 0.117 e. The van der Waals surface area contributed by atoms with Crippen molar-refractivity contribution in [2.24, 2.45) is 10.8 Å². The van der Waals surface area contributed by atoms with Gasteiger partial charge in [-0.3, -0.25) is 0 Å². The predicted molar refractivity (Wildman–Crippen MR) is 56.2 cm³/mol. The van der Waals surface area contributed by atoms with E-state index in [4.69, 9.17) is 5.84 Å². The molecule has 0 saturated carbocycles. The number of rotatable bonds is 0. The molecule has 13 heavy (non-hydrogen) atoms. The third-order valence-corrected chi connectivity index (χ3v) is 2.95. The quantitative estimate of drug-likeness (QED) is 0.487. The fraction of sp³-hybridized carbons (Fsp3) is 0.222. The molecule has 4 heteroatoms. The summed E-state index contributed by atoms with van der Waals surface area (Å²) in [4.78, 5) is 5.65. The minimum absolute atomic E-state index is 0.859. The first-order valence-electron chi connectivity index (χ1n) is 4.16. The Balaban J connectivity index is 2.40. The third kappa shape index (κ3) is 1.84. The summed E-state index contributed by atoms with van der Waals surface area (Å²) in [7, 11) is 0. The number of benzene rings is 1. The largest absolute Gasteiger partial charge is 0.312 e. The van der Waals surface area contributed by atoms with Gasteiger partial charge in [0.05, 0.1) is 5.69 Å². The molecule has 68 valence electrons. The van der Waals surface area contributed by atoms with Crippen LogP contribution in [0.15, 0.2) is 34.2 Å². The highest BCUT2D eigenvalue weighted by Crippen LogP contribution is 2.32. The fourth-order valence-electron chi connectivity index (χ4n) is 1.23. The van der Waals surface area contributed by atoms with Crippen LogP contribution in [-0.4, -0.2) is 11.6 Å². The Bertz CT molecular complexity index is 335. The molecule has 0 atom stereocenters. The highest BCUT2D eigenvalue weighted by molar-refractivity contribution is 7.99. The Kier molecular flexibility index (Phi) is 2.52. The first-order chi connectivity index (χ1) is 6.40. The van der Waals surface area contributed by atoms with Crippen LogP contribution in [0.25, 0.3) is 0 Å². The van der Waals surface area contributed by atoms with Crippen LogP contribution in [0.3, 0.4) is 0 Å². The van der Waals surface area contributed by atoms with Gasteiger partial charge in [-0.1, -0.05) is 12.1 Å². The van der Waals surface area contributed by atoms with E-state index in [9.17, 15) is 0 Å². The van der Waals surface area contributed by atoms with E-state index < -0.39 is 0 Å². The number of nitrogens with one attached hydrogen (secondary N) is 1. The number of hydrazine groups is 1. The number of para-hydroxylation sites is 1.